The normalized spacial score (nSPS) is 20.7. The van der Waals surface area contributed by atoms with Gasteiger partial charge in [0, 0.05) is 39.3 Å². The summed E-state index contributed by atoms with van der Waals surface area (Å²) in [6.45, 7) is 4.45. The van der Waals surface area contributed by atoms with Gasteiger partial charge in [-0.15, -0.1) is 0 Å². The molecule has 7 nitrogen and oxygen atoms in total. The van der Waals surface area contributed by atoms with Crippen LogP contribution < -0.4 is 4.74 Å². The molecule has 2 aliphatic rings. The van der Waals surface area contributed by atoms with E-state index < -0.39 is 0 Å². The Kier molecular flexibility index (Phi) is 10.9. The van der Waals surface area contributed by atoms with Crippen molar-refractivity contribution in [2.24, 2.45) is 11.8 Å². The molecule has 0 amide bonds. The quantitative estimate of drug-likeness (QED) is 0.378. The Morgan fingerprint density at radius 3 is 2.51 bits per heavy atom. The molecule has 4 rings (SSSR count). The van der Waals surface area contributed by atoms with E-state index in [1.54, 1.807) is 20.3 Å². The molecule has 3 atom stereocenters. The number of fused-ring (bicyclic) bond motifs is 1. The molecule has 0 bridgehead atoms. The zero-order valence-corrected chi connectivity index (χ0v) is 23.6. The molecule has 2 N–H and O–H groups in total. The minimum absolute atomic E-state index is 0.0909. The number of allylic oxidation sites excluding steroid dienone is 1. The smallest absolute Gasteiger partial charge is 0.119 e. The first kappa shape index (κ1) is 29.2. The number of aliphatic hydroxyl groups excluding tert-OH is 1. The number of hydrogen-bond donors (Lipinski definition) is 2. The number of rotatable bonds is 14. The van der Waals surface area contributed by atoms with Gasteiger partial charge in [-0.1, -0.05) is 24.3 Å². The van der Waals surface area contributed by atoms with Gasteiger partial charge in [0.2, 0.25) is 0 Å². The number of ether oxygens (including phenoxy) is 3. The molecule has 0 aliphatic heterocycles. The minimum Gasteiger partial charge on any atom is -0.508 e. The van der Waals surface area contributed by atoms with Crippen molar-refractivity contribution in [2.75, 3.05) is 60.7 Å². The highest BCUT2D eigenvalue weighted by Crippen LogP contribution is 2.38. The lowest BCUT2D eigenvalue weighted by Gasteiger charge is -2.41. The molecule has 0 saturated carbocycles. The van der Waals surface area contributed by atoms with Gasteiger partial charge in [-0.05, 0) is 91.3 Å². The van der Waals surface area contributed by atoms with Gasteiger partial charge in [0.25, 0.3) is 0 Å². The SMILES string of the molecule is COCCN(C)CCOc1ccc(CN(CCO)C2C=C(OC)C=CC2[C@@H]2CCc3cc(O)ccc3C2)cc1. The third-order valence-corrected chi connectivity index (χ3v) is 7.99. The molecule has 0 aromatic heterocycles. The third kappa shape index (κ3) is 8.08. The molecule has 2 aromatic carbocycles. The van der Waals surface area contributed by atoms with Gasteiger partial charge in [0.1, 0.15) is 23.9 Å². The van der Waals surface area contributed by atoms with E-state index >= 15 is 0 Å². The van der Waals surface area contributed by atoms with Crippen molar-refractivity contribution in [1.29, 1.82) is 0 Å². The molecular formula is C32H44N2O5. The van der Waals surface area contributed by atoms with Crippen LogP contribution in [0.15, 0.2) is 66.5 Å². The first-order valence-corrected chi connectivity index (χ1v) is 14.0. The predicted molar refractivity (Wildman–Crippen MR) is 154 cm³/mol. The maximum absolute atomic E-state index is 9.99. The molecule has 0 heterocycles. The van der Waals surface area contributed by atoms with Crippen LogP contribution in [-0.2, 0) is 28.9 Å². The van der Waals surface area contributed by atoms with Crippen molar-refractivity contribution in [3.05, 3.63) is 83.1 Å². The fourth-order valence-electron chi connectivity index (χ4n) is 5.74. The summed E-state index contributed by atoms with van der Waals surface area (Å²) in [4.78, 5) is 4.55. The highest BCUT2D eigenvalue weighted by atomic mass is 16.5. The van der Waals surface area contributed by atoms with Gasteiger partial charge in [0.05, 0.1) is 20.3 Å². The lowest BCUT2D eigenvalue weighted by molar-refractivity contribution is 0.115. The Bertz CT molecular complexity index is 1100. The summed E-state index contributed by atoms with van der Waals surface area (Å²) in [5.41, 5.74) is 3.76. The molecular weight excluding hydrogens is 492 g/mol. The summed E-state index contributed by atoms with van der Waals surface area (Å²) in [7, 11) is 5.49. The highest BCUT2D eigenvalue weighted by molar-refractivity contribution is 5.37. The van der Waals surface area contributed by atoms with Gasteiger partial charge in [-0.3, -0.25) is 4.90 Å². The lowest BCUT2D eigenvalue weighted by atomic mass is 9.72. The number of phenols is 1. The van der Waals surface area contributed by atoms with E-state index in [0.717, 1.165) is 50.4 Å². The van der Waals surface area contributed by atoms with Crippen LogP contribution >= 0.6 is 0 Å². The monoisotopic (exact) mass is 536 g/mol. The van der Waals surface area contributed by atoms with Crippen LogP contribution in [0.2, 0.25) is 0 Å². The maximum Gasteiger partial charge on any atom is 0.119 e. The zero-order chi connectivity index (χ0) is 27.6. The molecule has 0 saturated heterocycles. The number of nitrogens with zero attached hydrogens (tertiary/aromatic N) is 2. The average molecular weight is 537 g/mol. The Morgan fingerprint density at radius 2 is 1.77 bits per heavy atom. The van der Waals surface area contributed by atoms with E-state index in [-0.39, 0.29) is 12.6 Å². The van der Waals surface area contributed by atoms with E-state index in [1.807, 2.05) is 18.2 Å². The fraction of sp³-hybridized carbons (Fsp3) is 0.500. The van der Waals surface area contributed by atoms with Gasteiger partial charge in [-0.2, -0.15) is 0 Å². The summed E-state index contributed by atoms with van der Waals surface area (Å²) in [5, 5.41) is 19.9. The molecule has 0 radical (unpaired) electrons. The van der Waals surface area contributed by atoms with E-state index in [1.165, 1.54) is 16.7 Å². The molecule has 212 valence electrons. The van der Waals surface area contributed by atoms with E-state index in [9.17, 15) is 10.2 Å². The highest BCUT2D eigenvalue weighted by Gasteiger charge is 2.34. The topological polar surface area (TPSA) is 74.6 Å². The van der Waals surface area contributed by atoms with Gasteiger partial charge in [-0.25, -0.2) is 0 Å². The Labute approximate surface area is 233 Å². The number of benzene rings is 2. The number of likely N-dealkylation sites (N-methyl/N-ethyl adjacent to an activating group) is 1. The first-order valence-electron chi connectivity index (χ1n) is 14.0. The number of aliphatic hydroxyl groups is 1. The maximum atomic E-state index is 9.99. The Morgan fingerprint density at radius 1 is 0.974 bits per heavy atom. The number of aryl methyl sites for hydroxylation is 1. The average Bonchev–Trinajstić information content (AvgIpc) is 2.96. The van der Waals surface area contributed by atoms with E-state index in [2.05, 4.69) is 53.3 Å². The Balaban J connectivity index is 1.43. The van der Waals surface area contributed by atoms with Crippen LogP contribution in [0.1, 0.15) is 23.1 Å². The van der Waals surface area contributed by atoms with Crippen LogP contribution in [-0.4, -0.2) is 86.8 Å². The molecule has 0 fully saturated rings. The van der Waals surface area contributed by atoms with Crippen LogP contribution in [0.25, 0.3) is 0 Å². The lowest BCUT2D eigenvalue weighted by Crippen LogP contribution is -2.44. The molecule has 0 spiro atoms. The largest absolute Gasteiger partial charge is 0.508 e. The summed E-state index contributed by atoms with van der Waals surface area (Å²) in [6, 6.07) is 14.2. The molecule has 2 unspecified atom stereocenters. The Hall–Kier alpha value is -2.84. The summed E-state index contributed by atoms with van der Waals surface area (Å²) in [6.07, 6.45) is 9.61. The number of hydrogen-bond acceptors (Lipinski definition) is 7. The number of methoxy groups -OCH3 is 2. The van der Waals surface area contributed by atoms with Gasteiger partial charge in [0.15, 0.2) is 0 Å². The van der Waals surface area contributed by atoms with Crippen LogP contribution in [0.5, 0.6) is 11.5 Å². The van der Waals surface area contributed by atoms with Crippen LogP contribution in [0.4, 0.5) is 0 Å². The molecule has 7 heteroatoms. The third-order valence-electron chi connectivity index (χ3n) is 7.99. The van der Waals surface area contributed by atoms with Crippen molar-refractivity contribution < 1.29 is 24.4 Å². The number of aromatic hydroxyl groups is 1. The second kappa shape index (κ2) is 14.5. The summed E-state index contributed by atoms with van der Waals surface area (Å²) in [5.74, 6) is 2.83. The predicted octanol–water partition coefficient (Wildman–Crippen LogP) is 4.03. The van der Waals surface area contributed by atoms with E-state index in [0.29, 0.717) is 37.3 Å². The zero-order valence-electron chi connectivity index (χ0n) is 23.6. The second-order valence-electron chi connectivity index (χ2n) is 10.6. The summed E-state index contributed by atoms with van der Waals surface area (Å²) >= 11 is 0. The van der Waals surface area contributed by atoms with Crippen molar-refractivity contribution in [3.63, 3.8) is 0 Å². The van der Waals surface area contributed by atoms with Crippen LogP contribution in [0, 0.1) is 11.8 Å². The molecule has 39 heavy (non-hydrogen) atoms. The van der Waals surface area contributed by atoms with E-state index in [4.69, 9.17) is 14.2 Å². The summed E-state index contributed by atoms with van der Waals surface area (Å²) < 4.78 is 16.7. The van der Waals surface area contributed by atoms with Gasteiger partial charge >= 0.3 is 0 Å². The molecule has 2 aliphatic carbocycles. The van der Waals surface area contributed by atoms with Crippen molar-refractivity contribution in [3.8, 4) is 11.5 Å². The van der Waals surface area contributed by atoms with Crippen molar-refractivity contribution in [2.45, 2.75) is 31.8 Å². The van der Waals surface area contributed by atoms with Crippen LogP contribution in [0.3, 0.4) is 0 Å². The van der Waals surface area contributed by atoms with Crippen molar-refractivity contribution in [1.82, 2.24) is 9.80 Å². The standard InChI is InChI=1S/C32H44N2O5/c1-33(15-18-37-2)16-19-39-29-10-4-24(5-11-29)23-34(14-17-35)32-22-30(38-3)12-13-31(32)27-7-6-26-21-28(36)9-8-25(26)20-27/h4-5,8-13,21-22,27,31-32,35-36H,6-7,14-20,23H2,1-3H3/t27-,31?,32?/m1/s1. The molecule has 2 aromatic rings. The number of phenolic OH excluding ortho intramolecular Hbond substituents is 1. The fourth-order valence-corrected chi connectivity index (χ4v) is 5.74. The van der Waals surface area contributed by atoms with Gasteiger partial charge < -0.3 is 29.3 Å². The second-order valence-corrected chi connectivity index (χ2v) is 10.6. The van der Waals surface area contributed by atoms with Crippen molar-refractivity contribution >= 4 is 0 Å². The first-order chi connectivity index (χ1) is 19.0. The minimum atomic E-state index is 0.0909.